The van der Waals surface area contributed by atoms with Gasteiger partial charge in [-0.05, 0) is 43.6 Å². The van der Waals surface area contributed by atoms with E-state index < -0.39 is 0 Å². The van der Waals surface area contributed by atoms with Gasteiger partial charge in [0.15, 0.2) is 0 Å². The molecule has 0 aliphatic carbocycles. The summed E-state index contributed by atoms with van der Waals surface area (Å²) in [6.45, 7) is 2.55. The molecule has 21 heavy (non-hydrogen) atoms. The van der Waals surface area contributed by atoms with E-state index in [1.54, 1.807) is 0 Å². The zero-order chi connectivity index (χ0) is 14.2. The Morgan fingerprint density at radius 1 is 1.38 bits per heavy atom. The quantitative estimate of drug-likeness (QED) is 0.862. The number of halogens is 1. The molecule has 1 aromatic rings. The number of rotatable bonds is 1. The van der Waals surface area contributed by atoms with Crippen LogP contribution in [0.5, 0.6) is 0 Å². The smallest absolute Gasteiger partial charge is 0.229 e. The van der Waals surface area contributed by atoms with Crippen LogP contribution in [0.1, 0.15) is 29.9 Å². The highest BCUT2D eigenvalue weighted by Gasteiger charge is 2.53. The van der Waals surface area contributed by atoms with E-state index in [-0.39, 0.29) is 29.6 Å². The number of carbonyl (C=O) groups is 1. The molecule has 1 N–H and O–H groups in total. The highest BCUT2D eigenvalue weighted by molar-refractivity contribution is 5.86. The van der Waals surface area contributed by atoms with E-state index in [9.17, 15) is 4.79 Å². The number of likely N-dealkylation sites (tertiary alicyclic amines) is 1. The summed E-state index contributed by atoms with van der Waals surface area (Å²) in [5, 5.41) is 12.4. The molecule has 1 unspecified atom stereocenters. The van der Waals surface area contributed by atoms with Crippen molar-refractivity contribution in [1.29, 1.82) is 5.26 Å². The van der Waals surface area contributed by atoms with Crippen molar-refractivity contribution in [2.45, 2.75) is 18.8 Å². The Labute approximate surface area is 131 Å². The third-order valence-corrected chi connectivity index (χ3v) is 4.81. The lowest BCUT2D eigenvalue weighted by Gasteiger charge is -2.36. The number of nitrogens with zero attached hydrogens (tertiary/aromatic N) is 2. The summed E-state index contributed by atoms with van der Waals surface area (Å²) in [6, 6.07) is 9.94. The fraction of sp³-hybridized carbons (Fsp3) is 0.500. The van der Waals surface area contributed by atoms with Gasteiger partial charge in [-0.15, -0.1) is 12.4 Å². The van der Waals surface area contributed by atoms with Crippen LogP contribution in [-0.4, -0.2) is 37.5 Å². The molecule has 5 heteroatoms. The third kappa shape index (κ3) is 2.52. The predicted molar refractivity (Wildman–Crippen MR) is 83.3 cm³/mol. The number of hydrogen-bond acceptors (Lipinski definition) is 3. The molecule has 3 rings (SSSR count). The van der Waals surface area contributed by atoms with E-state index in [1.807, 2.05) is 30.1 Å². The largest absolute Gasteiger partial charge is 0.345 e. The molecule has 4 nitrogen and oxygen atoms in total. The number of hydrogen-bond donors (Lipinski definition) is 1. The minimum Gasteiger partial charge on any atom is -0.345 e. The van der Waals surface area contributed by atoms with E-state index in [1.165, 1.54) is 0 Å². The van der Waals surface area contributed by atoms with Crippen molar-refractivity contribution >= 4 is 18.3 Å². The van der Waals surface area contributed by atoms with Crippen LogP contribution in [0, 0.1) is 16.7 Å². The maximum absolute atomic E-state index is 12.7. The highest BCUT2D eigenvalue weighted by atomic mass is 35.5. The molecule has 1 aromatic carbocycles. The van der Waals surface area contributed by atoms with Crippen molar-refractivity contribution in [3.8, 4) is 6.07 Å². The summed E-state index contributed by atoms with van der Waals surface area (Å²) in [5.41, 5.74) is 1.53. The van der Waals surface area contributed by atoms with Crippen molar-refractivity contribution in [2.75, 3.05) is 26.7 Å². The van der Waals surface area contributed by atoms with Crippen molar-refractivity contribution in [2.24, 2.45) is 5.41 Å². The molecule has 0 saturated carbocycles. The molecule has 1 spiro atoms. The normalized spacial score (nSPS) is 23.7. The van der Waals surface area contributed by atoms with E-state index in [0.29, 0.717) is 5.56 Å². The Hall–Kier alpha value is -1.57. The van der Waals surface area contributed by atoms with Gasteiger partial charge in [-0.1, -0.05) is 12.1 Å². The van der Waals surface area contributed by atoms with Crippen molar-refractivity contribution in [3.63, 3.8) is 0 Å². The molecule has 1 amide bonds. The van der Waals surface area contributed by atoms with Crippen LogP contribution in [0.25, 0.3) is 0 Å². The SMILES string of the molecule is CN1CC(c2cccc(C#N)c2)C2(CCNCC2)C1=O.Cl. The lowest BCUT2D eigenvalue weighted by atomic mass is 9.68. The Morgan fingerprint density at radius 2 is 2.10 bits per heavy atom. The van der Waals surface area contributed by atoms with E-state index in [4.69, 9.17) is 5.26 Å². The Bertz CT molecular complexity index is 575. The van der Waals surface area contributed by atoms with Crippen molar-refractivity contribution < 1.29 is 4.79 Å². The van der Waals surface area contributed by atoms with Gasteiger partial charge in [-0.25, -0.2) is 0 Å². The number of nitrogens with one attached hydrogen (secondary N) is 1. The Morgan fingerprint density at radius 3 is 2.76 bits per heavy atom. The predicted octanol–water partition coefficient (Wildman–Crippen LogP) is 1.91. The van der Waals surface area contributed by atoms with Gasteiger partial charge >= 0.3 is 0 Å². The average Bonchev–Trinajstić information content (AvgIpc) is 2.74. The summed E-state index contributed by atoms with van der Waals surface area (Å²) in [7, 11) is 1.89. The van der Waals surface area contributed by atoms with Gasteiger partial charge in [0.25, 0.3) is 0 Å². The zero-order valence-electron chi connectivity index (χ0n) is 12.1. The number of benzene rings is 1. The zero-order valence-corrected chi connectivity index (χ0v) is 12.9. The third-order valence-electron chi connectivity index (χ3n) is 4.81. The molecule has 1 atom stereocenters. The van der Waals surface area contributed by atoms with Crippen LogP contribution in [0.2, 0.25) is 0 Å². The Kier molecular flexibility index (Phi) is 4.55. The summed E-state index contributed by atoms with van der Waals surface area (Å²) in [6.07, 6.45) is 1.77. The van der Waals surface area contributed by atoms with Gasteiger partial charge < -0.3 is 10.2 Å². The number of piperidine rings is 1. The first-order valence-corrected chi connectivity index (χ1v) is 7.14. The molecule has 112 valence electrons. The minimum atomic E-state index is -0.270. The second-order valence-electron chi connectivity index (χ2n) is 5.88. The van der Waals surface area contributed by atoms with Crippen LogP contribution in [-0.2, 0) is 4.79 Å². The van der Waals surface area contributed by atoms with Gasteiger partial charge in [0.1, 0.15) is 0 Å². The van der Waals surface area contributed by atoms with E-state index >= 15 is 0 Å². The van der Waals surface area contributed by atoms with Crippen molar-refractivity contribution in [1.82, 2.24) is 10.2 Å². The second kappa shape index (κ2) is 6.05. The monoisotopic (exact) mass is 305 g/mol. The molecule has 2 aliphatic rings. The van der Waals surface area contributed by atoms with E-state index in [2.05, 4.69) is 17.5 Å². The van der Waals surface area contributed by atoms with Gasteiger partial charge in [0, 0.05) is 19.5 Å². The van der Waals surface area contributed by atoms with Gasteiger partial charge in [-0.2, -0.15) is 5.26 Å². The lowest BCUT2D eigenvalue weighted by molar-refractivity contribution is -0.136. The summed E-state index contributed by atoms with van der Waals surface area (Å²) < 4.78 is 0. The van der Waals surface area contributed by atoms with Crippen LogP contribution in [0.15, 0.2) is 24.3 Å². The fourth-order valence-electron chi connectivity index (χ4n) is 3.75. The first kappa shape index (κ1) is 15.8. The standard InChI is InChI=1S/C16H19N3O.ClH/c1-19-11-14(13-4-2-3-12(9-13)10-17)16(15(19)20)5-7-18-8-6-16;/h2-4,9,14,18H,5-8,11H2,1H3;1H. The summed E-state index contributed by atoms with van der Waals surface area (Å²) in [4.78, 5) is 14.5. The van der Waals surface area contributed by atoms with Gasteiger partial charge in [0.2, 0.25) is 5.91 Å². The molecule has 0 aromatic heterocycles. The molecule has 0 radical (unpaired) electrons. The molecule has 2 fully saturated rings. The molecule has 2 aliphatic heterocycles. The first-order valence-electron chi connectivity index (χ1n) is 7.14. The molecule has 2 heterocycles. The summed E-state index contributed by atoms with van der Waals surface area (Å²) >= 11 is 0. The number of amides is 1. The van der Waals surface area contributed by atoms with Crippen LogP contribution >= 0.6 is 12.4 Å². The lowest BCUT2D eigenvalue weighted by Crippen LogP contribution is -2.44. The topological polar surface area (TPSA) is 56.1 Å². The van der Waals surface area contributed by atoms with E-state index in [0.717, 1.165) is 38.0 Å². The average molecular weight is 306 g/mol. The highest BCUT2D eigenvalue weighted by Crippen LogP contribution is 2.49. The first-order chi connectivity index (χ1) is 9.67. The number of nitriles is 1. The molecule has 2 saturated heterocycles. The maximum atomic E-state index is 12.7. The molecule has 0 bridgehead atoms. The summed E-state index contributed by atoms with van der Waals surface area (Å²) in [5.74, 6) is 0.474. The van der Waals surface area contributed by atoms with Crippen LogP contribution < -0.4 is 5.32 Å². The number of likely N-dealkylation sites (N-methyl/N-ethyl adjacent to an activating group) is 1. The number of carbonyl (C=O) groups excluding carboxylic acids is 1. The Balaban J connectivity index is 0.00000161. The maximum Gasteiger partial charge on any atom is 0.229 e. The van der Waals surface area contributed by atoms with Crippen LogP contribution in [0.3, 0.4) is 0 Å². The fourth-order valence-corrected chi connectivity index (χ4v) is 3.75. The minimum absolute atomic E-state index is 0. The van der Waals surface area contributed by atoms with Crippen LogP contribution in [0.4, 0.5) is 0 Å². The van der Waals surface area contributed by atoms with Gasteiger partial charge in [0.05, 0.1) is 17.0 Å². The second-order valence-corrected chi connectivity index (χ2v) is 5.88. The van der Waals surface area contributed by atoms with Crippen molar-refractivity contribution in [3.05, 3.63) is 35.4 Å². The molecular formula is C16H20ClN3O. The molecular weight excluding hydrogens is 286 g/mol. The van der Waals surface area contributed by atoms with Gasteiger partial charge in [-0.3, -0.25) is 4.79 Å².